The minimum Gasteiger partial charge on any atom is -0.380 e. The number of pyridine rings is 1. The molecule has 0 aliphatic rings. The SMILES string of the molecule is Cc1cc(C)c(CNc2ccc(S(C)(=O)=O)nc2)cc1C. The van der Waals surface area contributed by atoms with Gasteiger partial charge < -0.3 is 5.32 Å². The van der Waals surface area contributed by atoms with Crippen molar-refractivity contribution in [1.29, 1.82) is 0 Å². The average Bonchev–Trinajstić information content (AvgIpc) is 2.41. The average molecular weight is 304 g/mol. The van der Waals surface area contributed by atoms with Crippen LogP contribution in [0.25, 0.3) is 0 Å². The van der Waals surface area contributed by atoms with E-state index in [4.69, 9.17) is 0 Å². The van der Waals surface area contributed by atoms with Crippen LogP contribution in [-0.2, 0) is 16.4 Å². The quantitative estimate of drug-likeness (QED) is 0.943. The van der Waals surface area contributed by atoms with Crippen molar-refractivity contribution in [3.05, 3.63) is 52.7 Å². The van der Waals surface area contributed by atoms with Crippen LogP contribution in [0.5, 0.6) is 0 Å². The molecule has 0 saturated heterocycles. The Kier molecular flexibility index (Phi) is 4.32. The summed E-state index contributed by atoms with van der Waals surface area (Å²) in [6.45, 7) is 6.98. The van der Waals surface area contributed by atoms with Crippen molar-refractivity contribution in [3.63, 3.8) is 0 Å². The number of hydrogen-bond donors (Lipinski definition) is 1. The summed E-state index contributed by atoms with van der Waals surface area (Å²) in [7, 11) is -3.24. The maximum absolute atomic E-state index is 11.4. The van der Waals surface area contributed by atoms with Gasteiger partial charge in [0.2, 0.25) is 0 Å². The molecular weight excluding hydrogens is 284 g/mol. The summed E-state index contributed by atoms with van der Waals surface area (Å²) in [5.41, 5.74) is 5.83. The standard InChI is InChI=1S/C16H20N2O2S/c1-11-7-13(3)14(8-12(11)2)9-17-15-5-6-16(18-10-15)21(4,19)20/h5-8,10,17H,9H2,1-4H3. The van der Waals surface area contributed by atoms with E-state index in [0.29, 0.717) is 6.54 Å². The molecule has 1 aromatic heterocycles. The minimum atomic E-state index is -3.24. The van der Waals surface area contributed by atoms with Gasteiger partial charge in [-0.3, -0.25) is 0 Å². The molecular formula is C16H20N2O2S. The van der Waals surface area contributed by atoms with E-state index in [0.717, 1.165) is 11.9 Å². The van der Waals surface area contributed by atoms with Gasteiger partial charge in [-0.05, 0) is 55.2 Å². The van der Waals surface area contributed by atoms with Gasteiger partial charge in [-0.1, -0.05) is 12.1 Å². The van der Waals surface area contributed by atoms with Crippen molar-refractivity contribution in [2.75, 3.05) is 11.6 Å². The Morgan fingerprint density at radius 1 is 1.05 bits per heavy atom. The van der Waals surface area contributed by atoms with Gasteiger partial charge in [0.15, 0.2) is 14.9 Å². The Hall–Kier alpha value is -1.88. The Morgan fingerprint density at radius 3 is 2.29 bits per heavy atom. The summed E-state index contributed by atoms with van der Waals surface area (Å²) in [6.07, 6.45) is 2.70. The van der Waals surface area contributed by atoms with Crippen LogP contribution < -0.4 is 5.32 Å². The van der Waals surface area contributed by atoms with Crippen LogP contribution >= 0.6 is 0 Å². The normalized spacial score (nSPS) is 11.4. The zero-order valence-corrected chi connectivity index (χ0v) is 13.6. The number of anilines is 1. The van der Waals surface area contributed by atoms with E-state index in [-0.39, 0.29) is 5.03 Å². The highest BCUT2D eigenvalue weighted by molar-refractivity contribution is 7.90. The number of aromatic nitrogens is 1. The molecule has 0 bridgehead atoms. The van der Waals surface area contributed by atoms with Gasteiger partial charge in [-0.2, -0.15) is 0 Å². The molecule has 112 valence electrons. The number of rotatable bonds is 4. The van der Waals surface area contributed by atoms with Crippen LogP contribution in [0.2, 0.25) is 0 Å². The first kappa shape index (κ1) is 15.5. The lowest BCUT2D eigenvalue weighted by Crippen LogP contribution is -2.04. The van der Waals surface area contributed by atoms with Crippen molar-refractivity contribution in [3.8, 4) is 0 Å². The lowest BCUT2D eigenvalue weighted by Gasteiger charge is -2.12. The summed E-state index contributed by atoms with van der Waals surface area (Å²) < 4.78 is 22.7. The topological polar surface area (TPSA) is 59.1 Å². The van der Waals surface area contributed by atoms with Crippen molar-refractivity contribution in [2.24, 2.45) is 0 Å². The maximum Gasteiger partial charge on any atom is 0.192 e. The molecule has 0 unspecified atom stereocenters. The maximum atomic E-state index is 11.4. The molecule has 2 aromatic rings. The second-order valence-corrected chi connectivity index (χ2v) is 7.34. The molecule has 0 fully saturated rings. The van der Waals surface area contributed by atoms with Crippen molar-refractivity contribution in [1.82, 2.24) is 4.98 Å². The van der Waals surface area contributed by atoms with Crippen LogP contribution in [0, 0.1) is 20.8 Å². The van der Waals surface area contributed by atoms with Gasteiger partial charge in [0.25, 0.3) is 0 Å². The molecule has 1 N–H and O–H groups in total. The number of aryl methyl sites for hydroxylation is 3. The predicted octanol–water partition coefficient (Wildman–Crippen LogP) is 3.02. The molecule has 0 amide bonds. The number of sulfone groups is 1. The highest BCUT2D eigenvalue weighted by Gasteiger charge is 2.08. The van der Waals surface area contributed by atoms with Crippen LogP contribution in [0.4, 0.5) is 5.69 Å². The number of nitrogens with zero attached hydrogens (tertiary/aromatic N) is 1. The van der Waals surface area contributed by atoms with E-state index >= 15 is 0 Å². The van der Waals surface area contributed by atoms with Crippen LogP contribution in [0.3, 0.4) is 0 Å². The Bertz CT molecular complexity index is 751. The predicted molar refractivity (Wildman–Crippen MR) is 85.3 cm³/mol. The third-order valence-corrected chi connectivity index (χ3v) is 4.55. The van der Waals surface area contributed by atoms with E-state index in [2.05, 4.69) is 43.2 Å². The third kappa shape index (κ3) is 3.82. The molecule has 0 radical (unpaired) electrons. The second-order valence-electron chi connectivity index (χ2n) is 5.37. The molecule has 2 rings (SSSR count). The van der Waals surface area contributed by atoms with Crippen LogP contribution in [0.15, 0.2) is 35.5 Å². The Labute approximate surface area is 126 Å². The summed E-state index contributed by atoms with van der Waals surface area (Å²) in [5.74, 6) is 0. The second kappa shape index (κ2) is 5.85. The lowest BCUT2D eigenvalue weighted by molar-refractivity contribution is 0.598. The van der Waals surface area contributed by atoms with E-state index in [1.165, 1.54) is 28.3 Å². The number of hydrogen-bond acceptors (Lipinski definition) is 4. The molecule has 4 nitrogen and oxygen atoms in total. The molecule has 1 heterocycles. The van der Waals surface area contributed by atoms with Gasteiger partial charge in [0, 0.05) is 12.8 Å². The van der Waals surface area contributed by atoms with Crippen LogP contribution in [-0.4, -0.2) is 19.7 Å². The minimum absolute atomic E-state index is 0.0930. The largest absolute Gasteiger partial charge is 0.380 e. The fourth-order valence-corrected chi connectivity index (χ4v) is 2.67. The molecule has 0 saturated carbocycles. The summed E-state index contributed by atoms with van der Waals surface area (Å²) in [4.78, 5) is 3.97. The Morgan fingerprint density at radius 2 is 1.71 bits per heavy atom. The first-order chi connectivity index (χ1) is 9.77. The van der Waals surface area contributed by atoms with E-state index in [1.807, 2.05) is 0 Å². The lowest BCUT2D eigenvalue weighted by atomic mass is 10.0. The smallest absolute Gasteiger partial charge is 0.192 e. The Balaban J connectivity index is 2.12. The van der Waals surface area contributed by atoms with Gasteiger partial charge in [0.05, 0.1) is 11.9 Å². The zero-order valence-electron chi connectivity index (χ0n) is 12.8. The molecule has 1 aromatic carbocycles. The van der Waals surface area contributed by atoms with Gasteiger partial charge in [-0.15, -0.1) is 0 Å². The van der Waals surface area contributed by atoms with E-state index in [1.54, 1.807) is 12.3 Å². The summed E-state index contributed by atoms with van der Waals surface area (Å²) in [5, 5.41) is 3.36. The molecule has 0 atom stereocenters. The molecule has 21 heavy (non-hydrogen) atoms. The highest BCUT2D eigenvalue weighted by atomic mass is 32.2. The van der Waals surface area contributed by atoms with Gasteiger partial charge >= 0.3 is 0 Å². The first-order valence-corrected chi connectivity index (χ1v) is 8.63. The first-order valence-electron chi connectivity index (χ1n) is 6.74. The highest BCUT2D eigenvalue weighted by Crippen LogP contribution is 2.17. The van der Waals surface area contributed by atoms with Crippen molar-refractivity contribution in [2.45, 2.75) is 32.3 Å². The van der Waals surface area contributed by atoms with E-state index in [9.17, 15) is 8.42 Å². The fraction of sp³-hybridized carbons (Fsp3) is 0.312. The van der Waals surface area contributed by atoms with Crippen molar-refractivity contribution < 1.29 is 8.42 Å². The summed E-state index contributed by atoms with van der Waals surface area (Å²) in [6, 6.07) is 7.61. The fourth-order valence-electron chi connectivity index (χ4n) is 2.11. The summed E-state index contributed by atoms with van der Waals surface area (Å²) >= 11 is 0. The monoisotopic (exact) mass is 304 g/mol. The molecule has 0 aliphatic carbocycles. The zero-order chi connectivity index (χ0) is 15.6. The number of nitrogens with one attached hydrogen (secondary N) is 1. The molecule has 0 aliphatic heterocycles. The van der Waals surface area contributed by atoms with Crippen molar-refractivity contribution >= 4 is 15.5 Å². The van der Waals surface area contributed by atoms with Gasteiger partial charge in [-0.25, -0.2) is 13.4 Å². The molecule has 5 heteroatoms. The van der Waals surface area contributed by atoms with E-state index < -0.39 is 9.84 Å². The molecule has 0 spiro atoms. The van der Waals surface area contributed by atoms with Gasteiger partial charge in [0.1, 0.15) is 0 Å². The third-order valence-electron chi connectivity index (χ3n) is 3.55. The van der Waals surface area contributed by atoms with Crippen LogP contribution in [0.1, 0.15) is 22.3 Å². The number of benzene rings is 1.